The smallest absolute Gasteiger partial charge is 0.261 e. The molecule has 0 unspecified atom stereocenters. The van der Waals surface area contributed by atoms with Crippen LogP contribution >= 0.6 is 11.3 Å². The lowest BCUT2D eigenvalue weighted by Crippen LogP contribution is -2.26. The van der Waals surface area contributed by atoms with Crippen LogP contribution in [0.15, 0.2) is 41.8 Å². The molecule has 2 N–H and O–H groups in total. The third kappa shape index (κ3) is 5.29. The summed E-state index contributed by atoms with van der Waals surface area (Å²) < 4.78 is 13.0. The third-order valence-corrected chi connectivity index (χ3v) is 3.86. The molecule has 0 aliphatic rings. The SMILES string of the molecule is O=C(CCCNC(=O)c1cccs1)NCc1cccc(F)c1. The molecule has 116 valence electrons. The summed E-state index contributed by atoms with van der Waals surface area (Å²) in [5, 5.41) is 7.33. The predicted octanol–water partition coefficient (Wildman–Crippen LogP) is 2.71. The van der Waals surface area contributed by atoms with Gasteiger partial charge < -0.3 is 10.6 Å². The Balaban J connectivity index is 1.61. The molecule has 1 heterocycles. The van der Waals surface area contributed by atoms with Crippen LogP contribution < -0.4 is 10.6 Å². The van der Waals surface area contributed by atoms with Crippen molar-refractivity contribution in [3.05, 3.63) is 58.0 Å². The van der Waals surface area contributed by atoms with Gasteiger partial charge in [-0.25, -0.2) is 4.39 Å². The number of carbonyl (C=O) groups excluding carboxylic acids is 2. The summed E-state index contributed by atoms with van der Waals surface area (Å²) in [6.45, 7) is 0.752. The van der Waals surface area contributed by atoms with E-state index in [4.69, 9.17) is 0 Å². The maximum Gasteiger partial charge on any atom is 0.261 e. The zero-order valence-corrected chi connectivity index (χ0v) is 12.8. The van der Waals surface area contributed by atoms with Gasteiger partial charge in [-0.1, -0.05) is 18.2 Å². The van der Waals surface area contributed by atoms with Crippen molar-refractivity contribution in [2.24, 2.45) is 0 Å². The highest BCUT2D eigenvalue weighted by Crippen LogP contribution is 2.07. The van der Waals surface area contributed by atoms with Crippen molar-refractivity contribution in [1.82, 2.24) is 10.6 Å². The lowest BCUT2D eigenvalue weighted by Gasteiger charge is -2.06. The molecule has 6 heteroatoms. The van der Waals surface area contributed by atoms with Gasteiger partial charge >= 0.3 is 0 Å². The van der Waals surface area contributed by atoms with Crippen molar-refractivity contribution in [2.45, 2.75) is 19.4 Å². The predicted molar refractivity (Wildman–Crippen MR) is 84.1 cm³/mol. The highest BCUT2D eigenvalue weighted by molar-refractivity contribution is 7.12. The first-order valence-corrected chi connectivity index (χ1v) is 7.86. The van der Waals surface area contributed by atoms with Gasteiger partial charge in [-0.05, 0) is 35.6 Å². The number of amides is 2. The second kappa shape index (κ2) is 8.29. The molecule has 2 rings (SSSR count). The van der Waals surface area contributed by atoms with Crippen LogP contribution in [0.25, 0.3) is 0 Å². The summed E-state index contributed by atoms with van der Waals surface area (Å²) in [5.41, 5.74) is 0.722. The molecule has 0 saturated carbocycles. The van der Waals surface area contributed by atoms with Crippen LogP contribution in [0.2, 0.25) is 0 Å². The summed E-state index contributed by atoms with van der Waals surface area (Å²) >= 11 is 1.38. The minimum absolute atomic E-state index is 0.116. The molecule has 0 spiro atoms. The van der Waals surface area contributed by atoms with Crippen LogP contribution in [0, 0.1) is 5.82 Å². The summed E-state index contributed by atoms with van der Waals surface area (Å²) in [6.07, 6.45) is 0.881. The minimum Gasteiger partial charge on any atom is -0.352 e. The molecule has 0 radical (unpaired) electrons. The van der Waals surface area contributed by atoms with E-state index >= 15 is 0 Å². The van der Waals surface area contributed by atoms with Crippen molar-refractivity contribution < 1.29 is 14.0 Å². The summed E-state index contributed by atoms with van der Waals surface area (Å²) in [5.74, 6) is -0.548. The normalized spacial score (nSPS) is 10.2. The fourth-order valence-corrected chi connectivity index (χ4v) is 2.52. The quantitative estimate of drug-likeness (QED) is 0.771. The van der Waals surface area contributed by atoms with Crippen molar-refractivity contribution in [1.29, 1.82) is 0 Å². The van der Waals surface area contributed by atoms with Gasteiger partial charge in [0.1, 0.15) is 5.82 Å². The van der Waals surface area contributed by atoms with Gasteiger partial charge in [-0.3, -0.25) is 9.59 Å². The molecular formula is C16H17FN2O2S. The lowest BCUT2D eigenvalue weighted by atomic mass is 10.2. The van der Waals surface area contributed by atoms with E-state index < -0.39 is 0 Å². The highest BCUT2D eigenvalue weighted by atomic mass is 32.1. The Kier molecular flexibility index (Phi) is 6.09. The monoisotopic (exact) mass is 320 g/mol. The molecule has 1 aromatic heterocycles. The van der Waals surface area contributed by atoms with Gasteiger partial charge in [-0.2, -0.15) is 0 Å². The first-order chi connectivity index (χ1) is 10.6. The van der Waals surface area contributed by atoms with E-state index in [1.54, 1.807) is 18.2 Å². The number of hydrogen-bond donors (Lipinski definition) is 2. The molecule has 0 saturated heterocycles. The van der Waals surface area contributed by atoms with Gasteiger partial charge in [0.25, 0.3) is 5.91 Å². The number of hydrogen-bond acceptors (Lipinski definition) is 3. The third-order valence-electron chi connectivity index (χ3n) is 2.99. The Morgan fingerprint density at radius 3 is 2.73 bits per heavy atom. The fraction of sp³-hybridized carbons (Fsp3) is 0.250. The molecule has 2 amide bonds. The van der Waals surface area contributed by atoms with Crippen LogP contribution in [0.4, 0.5) is 4.39 Å². The standard InChI is InChI=1S/C16H17FN2O2S/c17-13-5-1-4-12(10-13)11-19-15(20)7-2-8-18-16(21)14-6-3-9-22-14/h1,3-6,9-10H,2,7-8,11H2,(H,18,21)(H,19,20). The highest BCUT2D eigenvalue weighted by Gasteiger charge is 2.06. The number of halogens is 1. The molecule has 0 atom stereocenters. The van der Waals surface area contributed by atoms with Crippen molar-refractivity contribution in [3.63, 3.8) is 0 Å². The molecule has 0 aliphatic heterocycles. The second-order valence-electron chi connectivity index (χ2n) is 4.74. The van der Waals surface area contributed by atoms with Crippen LogP contribution in [0.1, 0.15) is 28.1 Å². The molecule has 0 bridgehead atoms. The molecule has 4 nitrogen and oxygen atoms in total. The molecule has 2 aromatic rings. The minimum atomic E-state index is -0.317. The van der Waals surface area contributed by atoms with Crippen molar-refractivity contribution in [2.75, 3.05) is 6.54 Å². The summed E-state index contributed by atoms with van der Waals surface area (Å²) in [6, 6.07) is 9.69. The molecule has 22 heavy (non-hydrogen) atoms. The van der Waals surface area contributed by atoms with E-state index in [1.165, 1.54) is 23.5 Å². The van der Waals surface area contributed by atoms with E-state index in [0.29, 0.717) is 30.8 Å². The average Bonchev–Trinajstić information content (AvgIpc) is 3.04. The van der Waals surface area contributed by atoms with E-state index in [2.05, 4.69) is 10.6 Å². The van der Waals surface area contributed by atoms with Gasteiger partial charge in [0.2, 0.25) is 5.91 Å². The van der Waals surface area contributed by atoms with Crippen LogP contribution in [0.5, 0.6) is 0 Å². The van der Waals surface area contributed by atoms with Gasteiger partial charge in [0.05, 0.1) is 4.88 Å². The van der Waals surface area contributed by atoms with E-state index in [0.717, 1.165) is 5.56 Å². The Labute approximate surface area is 132 Å². The molecular weight excluding hydrogens is 303 g/mol. The maximum absolute atomic E-state index is 13.0. The number of rotatable bonds is 7. The molecule has 0 fully saturated rings. The molecule has 0 aliphatic carbocycles. The molecule has 1 aromatic carbocycles. The van der Waals surface area contributed by atoms with Crippen molar-refractivity contribution >= 4 is 23.2 Å². The Morgan fingerprint density at radius 2 is 2.00 bits per heavy atom. The fourth-order valence-electron chi connectivity index (χ4n) is 1.88. The van der Waals surface area contributed by atoms with Crippen LogP contribution in [0.3, 0.4) is 0 Å². The second-order valence-corrected chi connectivity index (χ2v) is 5.69. The number of nitrogens with one attached hydrogen (secondary N) is 2. The first-order valence-electron chi connectivity index (χ1n) is 6.98. The van der Waals surface area contributed by atoms with Gasteiger partial charge in [0, 0.05) is 19.5 Å². The topological polar surface area (TPSA) is 58.2 Å². The summed E-state index contributed by atoms with van der Waals surface area (Å²) in [7, 11) is 0. The van der Waals surface area contributed by atoms with Crippen LogP contribution in [-0.4, -0.2) is 18.4 Å². The van der Waals surface area contributed by atoms with Crippen molar-refractivity contribution in [3.8, 4) is 0 Å². The first kappa shape index (κ1) is 16.2. The van der Waals surface area contributed by atoms with E-state index in [9.17, 15) is 14.0 Å². The largest absolute Gasteiger partial charge is 0.352 e. The number of benzene rings is 1. The zero-order chi connectivity index (χ0) is 15.8. The Bertz CT molecular complexity index is 629. The van der Waals surface area contributed by atoms with Gasteiger partial charge in [0.15, 0.2) is 0 Å². The maximum atomic E-state index is 13.0. The Morgan fingerprint density at radius 1 is 1.14 bits per heavy atom. The number of carbonyl (C=O) groups is 2. The summed E-state index contributed by atoms with van der Waals surface area (Å²) in [4.78, 5) is 24.0. The van der Waals surface area contributed by atoms with E-state index in [-0.39, 0.29) is 17.6 Å². The van der Waals surface area contributed by atoms with E-state index in [1.807, 2.05) is 11.4 Å². The lowest BCUT2D eigenvalue weighted by molar-refractivity contribution is -0.121. The zero-order valence-electron chi connectivity index (χ0n) is 12.0. The van der Waals surface area contributed by atoms with Gasteiger partial charge in [-0.15, -0.1) is 11.3 Å². The number of thiophene rings is 1. The van der Waals surface area contributed by atoms with Crippen LogP contribution in [-0.2, 0) is 11.3 Å². The average molecular weight is 320 g/mol. The Hall–Kier alpha value is -2.21.